The van der Waals surface area contributed by atoms with E-state index in [-0.39, 0.29) is 5.82 Å². The van der Waals surface area contributed by atoms with Crippen molar-refractivity contribution in [1.29, 1.82) is 0 Å². The van der Waals surface area contributed by atoms with E-state index in [1.165, 1.54) is 17.4 Å². The molecule has 2 amide bonds. The largest absolute Gasteiger partial charge is 0.494 e. The van der Waals surface area contributed by atoms with E-state index in [0.29, 0.717) is 23.7 Å². The highest BCUT2D eigenvalue weighted by atomic mass is 16.5. The number of nitrogens with zero attached hydrogens (tertiary/aromatic N) is 4. The van der Waals surface area contributed by atoms with Gasteiger partial charge in [-0.1, -0.05) is 26.2 Å². The molecular formula is C21H26N6O3. The minimum absolute atomic E-state index is 0.0803. The number of fused-ring (bicyclic) bond motifs is 1. The van der Waals surface area contributed by atoms with Gasteiger partial charge in [0.2, 0.25) is 5.82 Å². The number of ether oxygens (including phenoxy) is 1. The van der Waals surface area contributed by atoms with Gasteiger partial charge in [-0.2, -0.15) is 4.98 Å². The van der Waals surface area contributed by atoms with Gasteiger partial charge in [0.1, 0.15) is 5.75 Å². The van der Waals surface area contributed by atoms with E-state index in [4.69, 9.17) is 4.74 Å². The summed E-state index contributed by atoms with van der Waals surface area (Å²) in [6, 6.07) is 8.59. The molecule has 2 N–H and O–H groups in total. The molecule has 0 spiro atoms. The number of benzene rings is 1. The zero-order valence-corrected chi connectivity index (χ0v) is 17.4. The van der Waals surface area contributed by atoms with Crippen molar-refractivity contribution in [3.8, 4) is 5.75 Å². The normalized spacial score (nSPS) is 10.8. The molecular weight excluding hydrogens is 384 g/mol. The first-order valence-corrected chi connectivity index (χ1v) is 10.0. The fraction of sp³-hybridized carbons (Fsp3) is 0.381. The van der Waals surface area contributed by atoms with E-state index >= 15 is 0 Å². The van der Waals surface area contributed by atoms with Crippen LogP contribution in [0.15, 0.2) is 30.3 Å². The molecule has 3 aromatic rings. The third kappa shape index (κ3) is 5.31. The van der Waals surface area contributed by atoms with Gasteiger partial charge in [0, 0.05) is 17.0 Å². The molecule has 0 saturated carbocycles. The van der Waals surface area contributed by atoms with E-state index in [9.17, 15) is 9.59 Å². The van der Waals surface area contributed by atoms with Crippen molar-refractivity contribution in [3.05, 3.63) is 53.1 Å². The maximum Gasteiger partial charge on any atom is 0.309 e. The maximum absolute atomic E-state index is 12.3. The molecule has 9 heteroatoms. The van der Waals surface area contributed by atoms with Gasteiger partial charge in [-0.3, -0.25) is 20.4 Å². The number of hydrogen-bond donors (Lipinski definition) is 2. The number of carbonyl (C=O) groups is 2. The van der Waals surface area contributed by atoms with E-state index in [0.717, 1.165) is 24.2 Å². The second kappa shape index (κ2) is 9.82. The van der Waals surface area contributed by atoms with Gasteiger partial charge in [0.05, 0.1) is 6.61 Å². The van der Waals surface area contributed by atoms with Crippen LogP contribution in [0.1, 0.15) is 65.0 Å². The third-order valence-electron chi connectivity index (χ3n) is 4.49. The van der Waals surface area contributed by atoms with Crippen LogP contribution in [0.3, 0.4) is 0 Å². The maximum atomic E-state index is 12.3. The number of aryl methyl sites for hydroxylation is 2. The van der Waals surface area contributed by atoms with Crippen LogP contribution in [0.25, 0.3) is 5.78 Å². The van der Waals surface area contributed by atoms with Gasteiger partial charge in [-0.05, 0) is 50.6 Å². The van der Waals surface area contributed by atoms with Crippen molar-refractivity contribution in [2.24, 2.45) is 0 Å². The third-order valence-corrected chi connectivity index (χ3v) is 4.49. The zero-order chi connectivity index (χ0) is 21.5. The first-order chi connectivity index (χ1) is 14.5. The Balaban J connectivity index is 1.52. The summed E-state index contributed by atoms with van der Waals surface area (Å²) in [4.78, 5) is 32.9. The van der Waals surface area contributed by atoms with Crippen LogP contribution >= 0.6 is 0 Å². The first-order valence-electron chi connectivity index (χ1n) is 10.0. The van der Waals surface area contributed by atoms with Gasteiger partial charge >= 0.3 is 5.91 Å². The number of unbranched alkanes of at least 4 members (excludes halogenated alkanes) is 3. The standard InChI is InChI=1S/C21H26N6O3/c1-4-5-6-7-12-30-17-10-8-16(9-11-17)19(28)24-25-20(29)18-23-21-22-14(2)13-15(3)27(21)26-18/h8-11,13H,4-7,12H2,1-3H3,(H,24,28)(H,25,29). The number of rotatable bonds is 8. The van der Waals surface area contributed by atoms with Crippen LogP contribution in [-0.4, -0.2) is 38.0 Å². The predicted molar refractivity (Wildman–Crippen MR) is 111 cm³/mol. The molecule has 0 saturated heterocycles. The SMILES string of the molecule is CCCCCCOc1ccc(C(=O)NNC(=O)c2nc3nc(C)cc(C)n3n2)cc1. The lowest BCUT2D eigenvalue weighted by atomic mass is 10.2. The highest BCUT2D eigenvalue weighted by Gasteiger charge is 2.16. The van der Waals surface area contributed by atoms with Crippen LogP contribution in [0.5, 0.6) is 5.75 Å². The average molecular weight is 410 g/mol. The summed E-state index contributed by atoms with van der Waals surface area (Å²) in [5, 5.41) is 4.13. The highest BCUT2D eigenvalue weighted by molar-refractivity contribution is 5.97. The zero-order valence-electron chi connectivity index (χ0n) is 17.4. The van der Waals surface area contributed by atoms with Gasteiger partial charge in [0.25, 0.3) is 11.7 Å². The lowest BCUT2D eigenvalue weighted by Gasteiger charge is -2.08. The summed E-state index contributed by atoms with van der Waals surface area (Å²) in [5.74, 6) is -0.124. The Morgan fingerprint density at radius 3 is 2.47 bits per heavy atom. The molecule has 2 heterocycles. The van der Waals surface area contributed by atoms with Crippen molar-refractivity contribution in [1.82, 2.24) is 30.4 Å². The second-order valence-electron chi connectivity index (χ2n) is 7.03. The van der Waals surface area contributed by atoms with Crippen LogP contribution in [0, 0.1) is 13.8 Å². The summed E-state index contributed by atoms with van der Waals surface area (Å²) in [5.41, 5.74) is 6.67. The molecule has 158 valence electrons. The molecule has 3 rings (SSSR count). The number of nitrogens with one attached hydrogen (secondary N) is 2. The molecule has 2 aromatic heterocycles. The van der Waals surface area contributed by atoms with Crippen molar-refractivity contribution in [2.45, 2.75) is 46.5 Å². The number of hydrogen-bond acceptors (Lipinski definition) is 6. The molecule has 9 nitrogen and oxygen atoms in total. The quantitative estimate of drug-likeness (QED) is 0.436. The lowest BCUT2D eigenvalue weighted by molar-refractivity contribution is 0.0841. The Bertz CT molecular complexity index is 1030. The number of amides is 2. The summed E-state index contributed by atoms with van der Waals surface area (Å²) >= 11 is 0. The van der Waals surface area contributed by atoms with Crippen LogP contribution in [0.2, 0.25) is 0 Å². The molecule has 0 bridgehead atoms. The molecule has 0 radical (unpaired) electrons. The van der Waals surface area contributed by atoms with E-state index in [1.54, 1.807) is 24.3 Å². The molecule has 0 unspecified atom stereocenters. The Labute approximate surface area is 174 Å². The molecule has 0 fully saturated rings. The highest BCUT2D eigenvalue weighted by Crippen LogP contribution is 2.13. The smallest absolute Gasteiger partial charge is 0.309 e. The minimum atomic E-state index is -0.627. The predicted octanol–water partition coefficient (Wildman–Crippen LogP) is 2.78. The monoisotopic (exact) mass is 410 g/mol. The van der Waals surface area contributed by atoms with E-state index in [2.05, 4.69) is 32.8 Å². The van der Waals surface area contributed by atoms with E-state index in [1.807, 2.05) is 19.9 Å². The Hall–Kier alpha value is -3.49. The Kier molecular flexibility index (Phi) is 6.95. The Morgan fingerprint density at radius 2 is 1.73 bits per heavy atom. The topological polar surface area (TPSA) is 111 Å². The van der Waals surface area contributed by atoms with Crippen LogP contribution in [-0.2, 0) is 0 Å². The van der Waals surface area contributed by atoms with Gasteiger partial charge in [-0.25, -0.2) is 9.50 Å². The van der Waals surface area contributed by atoms with Crippen molar-refractivity contribution < 1.29 is 14.3 Å². The number of hydrazine groups is 1. The molecule has 30 heavy (non-hydrogen) atoms. The first kappa shape index (κ1) is 21.2. The van der Waals surface area contributed by atoms with Gasteiger partial charge < -0.3 is 4.74 Å². The summed E-state index contributed by atoms with van der Waals surface area (Å²) in [7, 11) is 0. The lowest BCUT2D eigenvalue weighted by Crippen LogP contribution is -2.42. The molecule has 0 aliphatic heterocycles. The molecule has 0 aliphatic carbocycles. The number of aromatic nitrogens is 4. The number of carbonyl (C=O) groups excluding carboxylic acids is 2. The van der Waals surface area contributed by atoms with Crippen LogP contribution in [0.4, 0.5) is 0 Å². The summed E-state index contributed by atoms with van der Waals surface area (Å²) < 4.78 is 7.14. The average Bonchev–Trinajstić information content (AvgIpc) is 3.16. The fourth-order valence-corrected chi connectivity index (χ4v) is 2.93. The van der Waals surface area contributed by atoms with Crippen molar-refractivity contribution in [3.63, 3.8) is 0 Å². The summed E-state index contributed by atoms with van der Waals surface area (Å²) in [6.45, 7) is 6.50. The second-order valence-corrected chi connectivity index (χ2v) is 7.03. The molecule has 0 aliphatic rings. The van der Waals surface area contributed by atoms with Crippen molar-refractivity contribution in [2.75, 3.05) is 6.61 Å². The van der Waals surface area contributed by atoms with Gasteiger partial charge in [0.15, 0.2) is 0 Å². The Morgan fingerprint density at radius 1 is 1.00 bits per heavy atom. The minimum Gasteiger partial charge on any atom is -0.494 e. The van der Waals surface area contributed by atoms with Gasteiger partial charge in [-0.15, -0.1) is 5.10 Å². The van der Waals surface area contributed by atoms with Crippen molar-refractivity contribution >= 4 is 17.6 Å². The fourth-order valence-electron chi connectivity index (χ4n) is 2.93. The molecule has 1 aromatic carbocycles. The van der Waals surface area contributed by atoms with Crippen LogP contribution < -0.4 is 15.6 Å². The van der Waals surface area contributed by atoms with E-state index < -0.39 is 11.8 Å². The molecule has 0 atom stereocenters. The summed E-state index contributed by atoms with van der Waals surface area (Å²) in [6.07, 6.45) is 4.54.